The van der Waals surface area contributed by atoms with E-state index in [-0.39, 0.29) is 25.7 Å². The van der Waals surface area contributed by atoms with Crippen LogP contribution in [0, 0.1) is 0 Å². The quantitative estimate of drug-likeness (QED) is 0.274. The van der Waals surface area contributed by atoms with Crippen molar-refractivity contribution in [3.05, 3.63) is 83.6 Å². The molecule has 0 spiro atoms. The van der Waals surface area contributed by atoms with Gasteiger partial charge >= 0.3 is 0 Å². The molecule has 3 aliphatic rings. The molecule has 2 saturated heterocycles. The molecule has 12 heteroatoms. The number of carbonyl (C=O) groups excluding carboxylic acids is 1. The van der Waals surface area contributed by atoms with Crippen LogP contribution >= 0.6 is 0 Å². The lowest BCUT2D eigenvalue weighted by atomic mass is 10.0. The van der Waals surface area contributed by atoms with E-state index in [2.05, 4.69) is 5.32 Å². The van der Waals surface area contributed by atoms with Gasteiger partial charge in [0.15, 0.2) is 24.2 Å². The molecule has 2 fully saturated rings. The van der Waals surface area contributed by atoms with Crippen molar-refractivity contribution in [3.63, 3.8) is 0 Å². The predicted molar refractivity (Wildman–Crippen MR) is 173 cm³/mol. The smallest absolute Gasteiger partial charge is 0.217 e. The highest BCUT2D eigenvalue weighted by atomic mass is 16.8. The summed E-state index contributed by atoms with van der Waals surface area (Å²) in [6, 6.07) is 18.8. The fraction of sp³-hybridized carbons (Fsp3) is 0.583. The molecule has 0 saturated carbocycles. The summed E-state index contributed by atoms with van der Waals surface area (Å²) >= 11 is 0. The van der Waals surface area contributed by atoms with E-state index in [4.69, 9.17) is 47.4 Å². The van der Waals surface area contributed by atoms with Crippen LogP contribution in [0.3, 0.4) is 0 Å². The summed E-state index contributed by atoms with van der Waals surface area (Å²) < 4.78 is 62.2. The van der Waals surface area contributed by atoms with Gasteiger partial charge in [-0.2, -0.15) is 0 Å². The van der Waals surface area contributed by atoms with Gasteiger partial charge in [-0.1, -0.05) is 60.7 Å². The van der Waals surface area contributed by atoms with E-state index < -0.39 is 60.7 Å². The minimum absolute atomic E-state index is 0.203. The molecule has 3 aliphatic heterocycles. The second-order valence-corrected chi connectivity index (χ2v) is 12.9. The molecule has 1 N–H and O–H groups in total. The fourth-order valence-electron chi connectivity index (χ4n) is 6.07. The molecule has 3 heterocycles. The van der Waals surface area contributed by atoms with Crippen molar-refractivity contribution in [2.45, 2.75) is 109 Å². The van der Waals surface area contributed by atoms with Crippen molar-refractivity contribution in [1.29, 1.82) is 0 Å². The molecule has 2 aromatic rings. The number of hydrogen-bond acceptors (Lipinski definition) is 11. The fourth-order valence-corrected chi connectivity index (χ4v) is 6.07. The summed E-state index contributed by atoms with van der Waals surface area (Å²) in [6.45, 7) is 9.79. The number of ether oxygens (including phenoxy) is 10. The average Bonchev–Trinajstić information content (AvgIpc) is 3.58. The third-order valence-corrected chi connectivity index (χ3v) is 8.15. The lowest BCUT2D eigenvalue weighted by Gasteiger charge is -2.40. The van der Waals surface area contributed by atoms with E-state index in [0.29, 0.717) is 12.4 Å². The number of hydrogen-bond donors (Lipinski definition) is 1. The summed E-state index contributed by atoms with van der Waals surface area (Å²) in [5, 5.41) is 2.98. The molecule has 7 atom stereocenters. The van der Waals surface area contributed by atoms with Crippen molar-refractivity contribution in [2.75, 3.05) is 27.4 Å². The molecule has 0 bridgehead atoms. The zero-order valence-corrected chi connectivity index (χ0v) is 28.8. The van der Waals surface area contributed by atoms with E-state index in [0.717, 1.165) is 11.1 Å². The SMILES string of the molecule is COC(OC)[C@@H]1OC(C)(C)O[C@H]1[C@H](O[C@@H]1O[C@H](COCc2ccccc2)C=C(OCc2ccccc2)[C@@H]1NC(C)=O)[C@H]1COC(C)(C)O1. The van der Waals surface area contributed by atoms with Gasteiger partial charge in [-0.3, -0.25) is 4.79 Å². The predicted octanol–water partition coefficient (Wildman–Crippen LogP) is 4.21. The Hall–Kier alpha value is -2.91. The van der Waals surface area contributed by atoms with E-state index in [9.17, 15) is 4.79 Å². The normalized spacial score (nSPS) is 28.6. The maximum atomic E-state index is 12.6. The molecule has 1 amide bonds. The van der Waals surface area contributed by atoms with Crippen LogP contribution in [-0.4, -0.2) is 94.1 Å². The monoisotopic (exact) mass is 671 g/mol. The highest BCUT2D eigenvalue weighted by Crippen LogP contribution is 2.39. The summed E-state index contributed by atoms with van der Waals surface area (Å²) in [6.07, 6.45) is -3.46. The Bertz CT molecular complexity index is 1330. The topological polar surface area (TPSA) is 121 Å². The Morgan fingerprint density at radius 1 is 0.875 bits per heavy atom. The number of carbonyl (C=O) groups is 1. The first kappa shape index (κ1) is 36.4. The van der Waals surface area contributed by atoms with Crippen molar-refractivity contribution in [1.82, 2.24) is 5.32 Å². The van der Waals surface area contributed by atoms with E-state index in [1.165, 1.54) is 21.1 Å². The highest BCUT2D eigenvalue weighted by molar-refractivity contribution is 5.73. The van der Waals surface area contributed by atoms with Crippen LogP contribution < -0.4 is 5.32 Å². The van der Waals surface area contributed by atoms with Gasteiger partial charge in [0.05, 0.1) is 19.8 Å². The molecule has 12 nitrogen and oxygen atoms in total. The lowest BCUT2D eigenvalue weighted by molar-refractivity contribution is -0.263. The molecule has 48 heavy (non-hydrogen) atoms. The maximum absolute atomic E-state index is 12.6. The third-order valence-electron chi connectivity index (χ3n) is 8.15. The van der Waals surface area contributed by atoms with Crippen molar-refractivity contribution < 1.29 is 52.2 Å². The number of methoxy groups -OCH3 is 2. The van der Waals surface area contributed by atoms with Gasteiger partial charge in [0.2, 0.25) is 5.91 Å². The Kier molecular flexibility index (Phi) is 12.3. The van der Waals surface area contributed by atoms with Crippen molar-refractivity contribution >= 4 is 5.91 Å². The molecular weight excluding hydrogens is 622 g/mol. The molecule has 5 rings (SSSR count). The minimum atomic E-state index is -1.05. The average molecular weight is 672 g/mol. The Balaban J connectivity index is 1.46. The largest absolute Gasteiger partial charge is 0.491 e. The minimum Gasteiger partial charge on any atom is -0.491 e. The molecular formula is C36H49NO11. The summed E-state index contributed by atoms with van der Waals surface area (Å²) in [7, 11) is 3.07. The zero-order chi connectivity index (χ0) is 34.3. The van der Waals surface area contributed by atoms with Crippen LogP contribution in [0.1, 0.15) is 45.7 Å². The molecule has 0 aliphatic carbocycles. The Labute approximate surface area is 282 Å². The van der Waals surface area contributed by atoms with Crippen LogP contribution in [0.25, 0.3) is 0 Å². The number of nitrogens with one attached hydrogen (secondary N) is 1. The van der Waals surface area contributed by atoms with Crippen molar-refractivity contribution in [3.8, 4) is 0 Å². The van der Waals surface area contributed by atoms with Gasteiger partial charge in [-0.15, -0.1) is 0 Å². The maximum Gasteiger partial charge on any atom is 0.217 e. The summed E-state index contributed by atoms with van der Waals surface area (Å²) in [5.41, 5.74) is 1.99. The van der Waals surface area contributed by atoms with Gasteiger partial charge in [-0.05, 0) is 44.9 Å². The zero-order valence-electron chi connectivity index (χ0n) is 28.8. The molecule has 0 radical (unpaired) electrons. The van der Waals surface area contributed by atoms with E-state index in [1.807, 2.05) is 94.4 Å². The molecule has 264 valence electrons. The van der Waals surface area contributed by atoms with Gasteiger partial charge in [0, 0.05) is 21.1 Å². The Morgan fingerprint density at radius 3 is 2.08 bits per heavy atom. The highest BCUT2D eigenvalue weighted by Gasteiger charge is 2.55. The van der Waals surface area contributed by atoms with E-state index >= 15 is 0 Å². The van der Waals surface area contributed by atoms with Gasteiger partial charge in [-0.25, -0.2) is 0 Å². The molecule has 0 unspecified atom stereocenters. The van der Waals surface area contributed by atoms with Crippen LogP contribution in [0.5, 0.6) is 0 Å². The van der Waals surface area contributed by atoms with Crippen LogP contribution in [0.4, 0.5) is 0 Å². The first-order valence-electron chi connectivity index (χ1n) is 16.3. The van der Waals surface area contributed by atoms with Crippen LogP contribution in [-0.2, 0) is 65.4 Å². The number of benzene rings is 2. The van der Waals surface area contributed by atoms with Gasteiger partial charge in [0.1, 0.15) is 48.9 Å². The summed E-state index contributed by atoms with van der Waals surface area (Å²) in [4.78, 5) is 12.6. The van der Waals surface area contributed by atoms with Crippen LogP contribution in [0.2, 0.25) is 0 Å². The third kappa shape index (κ3) is 9.62. The van der Waals surface area contributed by atoms with Crippen LogP contribution in [0.15, 0.2) is 72.5 Å². The summed E-state index contributed by atoms with van der Waals surface area (Å²) in [5.74, 6) is -1.68. The van der Waals surface area contributed by atoms with Crippen molar-refractivity contribution in [2.24, 2.45) is 0 Å². The first-order chi connectivity index (χ1) is 23.0. The first-order valence-corrected chi connectivity index (χ1v) is 16.3. The second kappa shape index (κ2) is 16.2. The van der Waals surface area contributed by atoms with Gasteiger partial charge in [0.25, 0.3) is 0 Å². The Morgan fingerprint density at radius 2 is 1.50 bits per heavy atom. The standard InChI is InChI=1S/C36H49NO11/c1-23(38)37-29-27(42-20-25-16-12-9-13-17-25)18-26(21-41-19-24-14-10-8-11-15-24)44-33(29)45-30(28-22-43-35(2,3)46-28)31-32(34(39-6)40-7)48-36(4,5)47-31/h8-18,26,28-34H,19-22H2,1-7H3,(H,37,38)/t26-,28+,29-,30+,31-,32+,33-/m0/s1. The van der Waals surface area contributed by atoms with Gasteiger partial charge < -0.3 is 52.7 Å². The number of rotatable bonds is 15. The molecule has 0 aromatic heterocycles. The second-order valence-electron chi connectivity index (χ2n) is 12.9. The molecule has 2 aromatic carbocycles. The number of amides is 1. The lowest BCUT2D eigenvalue weighted by Crippen LogP contribution is -2.57. The van der Waals surface area contributed by atoms with E-state index in [1.54, 1.807) is 0 Å².